The normalized spacial score (nSPS) is 11.8. The molecule has 0 aliphatic carbocycles. The zero-order valence-electron chi connectivity index (χ0n) is 15.9. The van der Waals surface area contributed by atoms with E-state index in [9.17, 15) is 15.5 Å². The summed E-state index contributed by atoms with van der Waals surface area (Å²) in [5.74, 6) is 0.390. The van der Waals surface area contributed by atoms with E-state index in [0.717, 1.165) is 27.8 Å². The molecule has 0 aromatic heterocycles. The third-order valence-electron chi connectivity index (χ3n) is 4.43. The first-order valence-corrected chi connectivity index (χ1v) is 8.96. The van der Waals surface area contributed by atoms with Crippen LogP contribution in [0.1, 0.15) is 22.3 Å². The van der Waals surface area contributed by atoms with E-state index in [4.69, 9.17) is 0 Å². The van der Waals surface area contributed by atoms with Gasteiger partial charge in [-0.3, -0.25) is 0 Å². The lowest BCUT2D eigenvalue weighted by atomic mass is 9.89. The van der Waals surface area contributed by atoms with Gasteiger partial charge in [0.25, 0.3) is 0 Å². The minimum atomic E-state index is 0.167. The summed E-state index contributed by atoms with van der Waals surface area (Å²) in [5.41, 5.74) is 4.54. The SMILES string of the molecule is CN(C)Cc1cc(/C(=C(\C#N)c2ccccc2)c2ccc(O)cc2)ccc1O. The zero-order valence-corrected chi connectivity index (χ0v) is 15.9. The average molecular weight is 370 g/mol. The second-order valence-electron chi connectivity index (χ2n) is 6.86. The topological polar surface area (TPSA) is 67.5 Å². The molecule has 28 heavy (non-hydrogen) atoms. The van der Waals surface area contributed by atoms with E-state index in [1.165, 1.54) is 0 Å². The van der Waals surface area contributed by atoms with Crippen molar-refractivity contribution in [2.45, 2.75) is 6.54 Å². The Labute approximate surface area is 165 Å². The fourth-order valence-corrected chi connectivity index (χ4v) is 3.16. The molecule has 0 bridgehead atoms. The molecule has 0 saturated heterocycles. The van der Waals surface area contributed by atoms with Crippen molar-refractivity contribution >= 4 is 11.1 Å². The fraction of sp³-hybridized carbons (Fsp3) is 0.125. The molecule has 0 amide bonds. The van der Waals surface area contributed by atoms with E-state index in [1.807, 2.05) is 61.5 Å². The van der Waals surface area contributed by atoms with Crippen molar-refractivity contribution in [3.8, 4) is 17.6 Å². The van der Waals surface area contributed by atoms with Crippen molar-refractivity contribution in [2.24, 2.45) is 0 Å². The molecule has 0 radical (unpaired) electrons. The summed E-state index contributed by atoms with van der Waals surface area (Å²) in [6.07, 6.45) is 0. The predicted molar refractivity (Wildman–Crippen MR) is 112 cm³/mol. The molecule has 0 aliphatic heterocycles. The van der Waals surface area contributed by atoms with Gasteiger partial charge in [-0.25, -0.2) is 0 Å². The van der Waals surface area contributed by atoms with E-state index in [1.54, 1.807) is 30.3 Å². The highest BCUT2D eigenvalue weighted by Crippen LogP contribution is 2.35. The number of nitrogens with zero attached hydrogens (tertiary/aromatic N) is 2. The molecule has 0 saturated carbocycles. The third kappa shape index (κ3) is 4.22. The first-order valence-electron chi connectivity index (χ1n) is 8.96. The van der Waals surface area contributed by atoms with E-state index < -0.39 is 0 Å². The van der Waals surface area contributed by atoms with Crippen LogP contribution in [0.4, 0.5) is 0 Å². The maximum absolute atomic E-state index is 10.2. The molecule has 0 heterocycles. The van der Waals surface area contributed by atoms with Gasteiger partial charge in [-0.2, -0.15) is 5.26 Å². The number of phenolic OH excluding ortho intramolecular Hbond substituents is 2. The van der Waals surface area contributed by atoms with Crippen molar-refractivity contribution in [1.29, 1.82) is 5.26 Å². The minimum absolute atomic E-state index is 0.167. The molecule has 3 aromatic rings. The molecule has 0 spiro atoms. The van der Waals surface area contributed by atoms with Gasteiger partial charge < -0.3 is 15.1 Å². The summed E-state index contributed by atoms with van der Waals surface area (Å²) >= 11 is 0. The number of benzene rings is 3. The molecule has 0 unspecified atom stereocenters. The Balaban J connectivity index is 2.27. The van der Waals surface area contributed by atoms with Gasteiger partial charge in [0, 0.05) is 17.7 Å². The standard InChI is InChI=1S/C24H22N2O2/c1-26(2)16-20-14-19(10-13-23(20)28)24(18-8-11-21(27)12-9-18)22(15-25)17-6-4-3-5-7-17/h3-14,27-28H,16H2,1-2H3/b24-22+. The van der Waals surface area contributed by atoms with Gasteiger partial charge in [-0.1, -0.05) is 48.5 Å². The number of phenols is 2. The van der Waals surface area contributed by atoms with Gasteiger partial charge in [0.15, 0.2) is 0 Å². The van der Waals surface area contributed by atoms with E-state index in [0.29, 0.717) is 12.1 Å². The lowest BCUT2D eigenvalue weighted by Gasteiger charge is -2.16. The Kier molecular flexibility index (Phi) is 5.78. The van der Waals surface area contributed by atoms with Gasteiger partial charge in [0.2, 0.25) is 0 Å². The lowest BCUT2D eigenvalue weighted by molar-refractivity contribution is 0.386. The molecule has 0 fully saturated rings. The molecular weight excluding hydrogens is 348 g/mol. The lowest BCUT2D eigenvalue weighted by Crippen LogP contribution is -2.11. The number of hydrogen-bond acceptors (Lipinski definition) is 4. The van der Waals surface area contributed by atoms with Gasteiger partial charge in [-0.15, -0.1) is 0 Å². The maximum atomic E-state index is 10.2. The van der Waals surface area contributed by atoms with Crippen LogP contribution in [0.2, 0.25) is 0 Å². The van der Waals surface area contributed by atoms with E-state index in [-0.39, 0.29) is 11.5 Å². The summed E-state index contributed by atoms with van der Waals surface area (Å²) < 4.78 is 0. The highest BCUT2D eigenvalue weighted by atomic mass is 16.3. The Morgan fingerprint density at radius 1 is 0.857 bits per heavy atom. The van der Waals surface area contributed by atoms with Gasteiger partial charge in [-0.05, 0) is 55.1 Å². The van der Waals surface area contributed by atoms with Crippen LogP contribution in [0, 0.1) is 11.3 Å². The van der Waals surface area contributed by atoms with Crippen LogP contribution in [-0.2, 0) is 6.54 Å². The number of allylic oxidation sites excluding steroid dienone is 1. The molecule has 140 valence electrons. The second kappa shape index (κ2) is 8.43. The van der Waals surface area contributed by atoms with Crippen LogP contribution >= 0.6 is 0 Å². The highest BCUT2D eigenvalue weighted by Gasteiger charge is 2.16. The van der Waals surface area contributed by atoms with Crippen molar-refractivity contribution in [2.75, 3.05) is 14.1 Å². The first-order chi connectivity index (χ1) is 13.5. The Bertz CT molecular complexity index is 1030. The van der Waals surface area contributed by atoms with Crippen molar-refractivity contribution in [3.05, 3.63) is 95.1 Å². The van der Waals surface area contributed by atoms with Crippen LogP contribution in [0.5, 0.6) is 11.5 Å². The first kappa shape index (κ1) is 19.2. The van der Waals surface area contributed by atoms with Crippen molar-refractivity contribution < 1.29 is 10.2 Å². The largest absolute Gasteiger partial charge is 0.508 e. The number of nitriles is 1. The van der Waals surface area contributed by atoms with Crippen molar-refractivity contribution in [1.82, 2.24) is 4.90 Å². The van der Waals surface area contributed by atoms with Crippen LogP contribution in [0.15, 0.2) is 72.8 Å². The van der Waals surface area contributed by atoms with Gasteiger partial charge in [0.05, 0.1) is 5.57 Å². The minimum Gasteiger partial charge on any atom is -0.508 e. The molecule has 3 rings (SSSR count). The Morgan fingerprint density at radius 3 is 2.11 bits per heavy atom. The Hall–Kier alpha value is -3.55. The maximum Gasteiger partial charge on any atom is 0.120 e. The zero-order chi connectivity index (χ0) is 20.1. The Morgan fingerprint density at radius 2 is 1.50 bits per heavy atom. The molecular formula is C24H22N2O2. The predicted octanol–water partition coefficient (Wildman–Crippen LogP) is 4.64. The summed E-state index contributed by atoms with van der Waals surface area (Å²) in [7, 11) is 3.88. The summed E-state index contributed by atoms with van der Waals surface area (Å²) in [6.45, 7) is 0.579. The summed E-state index contributed by atoms with van der Waals surface area (Å²) in [6, 6.07) is 24.1. The number of rotatable bonds is 5. The smallest absolute Gasteiger partial charge is 0.120 e. The van der Waals surface area contributed by atoms with E-state index >= 15 is 0 Å². The molecule has 0 atom stereocenters. The molecule has 3 aromatic carbocycles. The quantitative estimate of drug-likeness (QED) is 0.507. The van der Waals surface area contributed by atoms with Crippen LogP contribution in [0.3, 0.4) is 0 Å². The summed E-state index contributed by atoms with van der Waals surface area (Å²) in [5, 5.41) is 29.9. The van der Waals surface area contributed by atoms with Crippen LogP contribution < -0.4 is 0 Å². The van der Waals surface area contributed by atoms with Crippen molar-refractivity contribution in [3.63, 3.8) is 0 Å². The molecule has 2 N–H and O–H groups in total. The van der Waals surface area contributed by atoms with Crippen LogP contribution in [-0.4, -0.2) is 29.2 Å². The average Bonchev–Trinajstić information content (AvgIpc) is 2.69. The monoisotopic (exact) mass is 370 g/mol. The van der Waals surface area contributed by atoms with E-state index in [2.05, 4.69) is 6.07 Å². The van der Waals surface area contributed by atoms with Gasteiger partial charge >= 0.3 is 0 Å². The molecule has 4 nitrogen and oxygen atoms in total. The second-order valence-corrected chi connectivity index (χ2v) is 6.86. The molecule has 0 aliphatic rings. The highest BCUT2D eigenvalue weighted by molar-refractivity contribution is 6.03. The fourth-order valence-electron chi connectivity index (χ4n) is 3.16. The summed E-state index contributed by atoms with van der Waals surface area (Å²) in [4.78, 5) is 1.98. The number of aromatic hydroxyl groups is 2. The third-order valence-corrected chi connectivity index (χ3v) is 4.43. The van der Waals surface area contributed by atoms with Crippen LogP contribution in [0.25, 0.3) is 11.1 Å². The molecule has 4 heteroatoms. The van der Waals surface area contributed by atoms with Gasteiger partial charge in [0.1, 0.15) is 17.6 Å². The number of hydrogen-bond donors (Lipinski definition) is 2.